The number of aryl methyl sites for hydroxylation is 2. The Labute approximate surface area is 106 Å². The van der Waals surface area contributed by atoms with Gasteiger partial charge in [0.2, 0.25) is 0 Å². The summed E-state index contributed by atoms with van der Waals surface area (Å²) < 4.78 is 28.0. The van der Waals surface area contributed by atoms with Gasteiger partial charge in [-0.15, -0.1) is 6.58 Å². The number of halogens is 1. The predicted molar refractivity (Wildman–Crippen MR) is 69.3 cm³/mol. The van der Waals surface area contributed by atoms with Crippen LogP contribution in [-0.2, 0) is 9.05 Å². The Hall–Kier alpha value is -1.00. The van der Waals surface area contributed by atoms with Gasteiger partial charge >= 0.3 is 0 Å². The van der Waals surface area contributed by atoms with Crippen LogP contribution in [0.5, 0.6) is 5.75 Å². The average molecular weight is 275 g/mol. The van der Waals surface area contributed by atoms with Crippen LogP contribution in [0, 0.1) is 13.8 Å². The molecule has 0 radical (unpaired) electrons. The normalized spacial score (nSPS) is 11.2. The van der Waals surface area contributed by atoms with E-state index in [0.717, 1.165) is 17.5 Å². The minimum absolute atomic E-state index is 0.102. The number of benzene rings is 1. The molecule has 0 bridgehead atoms. The molecular weight excluding hydrogens is 260 g/mol. The fourth-order valence-corrected chi connectivity index (χ4v) is 2.43. The van der Waals surface area contributed by atoms with Crippen LogP contribution in [0.1, 0.15) is 17.5 Å². The number of hydrogen-bond donors (Lipinski definition) is 0. The summed E-state index contributed by atoms with van der Waals surface area (Å²) in [6.45, 7) is 7.72. The van der Waals surface area contributed by atoms with Crippen LogP contribution >= 0.6 is 10.7 Å². The SMILES string of the molecule is C=CCCOc1c(C)cc(S(=O)(=O)Cl)cc1C. The van der Waals surface area contributed by atoms with Crippen molar-refractivity contribution in [1.82, 2.24) is 0 Å². The Morgan fingerprint density at radius 1 is 1.35 bits per heavy atom. The molecule has 0 fully saturated rings. The van der Waals surface area contributed by atoms with Crippen molar-refractivity contribution in [3.8, 4) is 5.75 Å². The third kappa shape index (κ3) is 3.75. The topological polar surface area (TPSA) is 43.4 Å². The highest BCUT2D eigenvalue weighted by molar-refractivity contribution is 8.13. The van der Waals surface area contributed by atoms with Crippen molar-refractivity contribution in [3.63, 3.8) is 0 Å². The molecule has 5 heteroatoms. The summed E-state index contributed by atoms with van der Waals surface area (Å²) in [6.07, 6.45) is 2.51. The molecule has 0 saturated carbocycles. The van der Waals surface area contributed by atoms with Crippen LogP contribution in [0.25, 0.3) is 0 Å². The van der Waals surface area contributed by atoms with Crippen LogP contribution in [0.3, 0.4) is 0 Å². The molecule has 0 N–H and O–H groups in total. The zero-order valence-corrected chi connectivity index (χ0v) is 11.4. The van der Waals surface area contributed by atoms with Crippen LogP contribution < -0.4 is 4.74 Å². The number of rotatable bonds is 5. The lowest BCUT2D eigenvalue weighted by molar-refractivity contribution is 0.320. The van der Waals surface area contributed by atoms with E-state index in [-0.39, 0.29) is 4.90 Å². The highest BCUT2D eigenvalue weighted by Gasteiger charge is 2.14. The maximum absolute atomic E-state index is 11.2. The Morgan fingerprint density at radius 3 is 2.29 bits per heavy atom. The van der Waals surface area contributed by atoms with Crippen LogP contribution in [0.2, 0.25) is 0 Å². The third-order valence-electron chi connectivity index (χ3n) is 2.28. The molecule has 0 aliphatic rings. The summed E-state index contributed by atoms with van der Waals surface area (Å²) in [5, 5.41) is 0. The zero-order chi connectivity index (χ0) is 13.1. The van der Waals surface area contributed by atoms with E-state index in [1.54, 1.807) is 19.9 Å². The first kappa shape index (κ1) is 14.1. The summed E-state index contributed by atoms with van der Waals surface area (Å²) in [4.78, 5) is 0.102. The molecule has 0 aromatic heterocycles. The van der Waals surface area contributed by atoms with Gasteiger partial charge < -0.3 is 4.74 Å². The van der Waals surface area contributed by atoms with Crippen LogP contribution in [0.15, 0.2) is 29.7 Å². The van der Waals surface area contributed by atoms with Crippen molar-refractivity contribution in [2.75, 3.05) is 6.61 Å². The van der Waals surface area contributed by atoms with E-state index in [1.165, 1.54) is 12.1 Å². The van der Waals surface area contributed by atoms with E-state index in [0.29, 0.717) is 12.4 Å². The number of ether oxygens (including phenoxy) is 1. The number of hydrogen-bond acceptors (Lipinski definition) is 3. The highest BCUT2D eigenvalue weighted by atomic mass is 35.7. The second-order valence-electron chi connectivity index (χ2n) is 3.75. The Kier molecular flexibility index (Phi) is 4.60. The van der Waals surface area contributed by atoms with Gasteiger partial charge in [0.05, 0.1) is 11.5 Å². The molecule has 94 valence electrons. The monoisotopic (exact) mass is 274 g/mol. The van der Waals surface area contributed by atoms with E-state index < -0.39 is 9.05 Å². The second-order valence-corrected chi connectivity index (χ2v) is 6.32. The first-order chi connectivity index (χ1) is 7.86. The van der Waals surface area contributed by atoms with Gasteiger partial charge in [0.15, 0.2) is 0 Å². The lowest BCUT2D eigenvalue weighted by Gasteiger charge is -2.12. The smallest absolute Gasteiger partial charge is 0.261 e. The summed E-state index contributed by atoms with van der Waals surface area (Å²) >= 11 is 0. The molecule has 0 aliphatic carbocycles. The maximum atomic E-state index is 11.2. The summed E-state index contributed by atoms with van der Waals surface area (Å²) in [7, 11) is 1.61. The molecule has 0 unspecified atom stereocenters. The van der Waals surface area contributed by atoms with Crippen molar-refractivity contribution in [2.45, 2.75) is 25.2 Å². The fourth-order valence-electron chi connectivity index (χ4n) is 1.52. The molecule has 17 heavy (non-hydrogen) atoms. The molecule has 1 aromatic carbocycles. The largest absolute Gasteiger partial charge is 0.493 e. The quantitative estimate of drug-likeness (QED) is 0.470. The zero-order valence-electron chi connectivity index (χ0n) is 9.86. The Morgan fingerprint density at radius 2 is 1.88 bits per heavy atom. The van der Waals surface area contributed by atoms with Crippen molar-refractivity contribution in [2.24, 2.45) is 0 Å². The van der Waals surface area contributed by atoms with Gasteiger partial charge in [-0.25, -0.2) is 8.42 Å². The fraction of sp³-hybridized carbons (Fsp3) is 0.333. The minimum atomic E-state index is -3.69. The van der Waals surface area contributed by atoms with E-state index >= 15 is 0 Å². The first-order valence-corrected chi connectivity index (χ1v) is 7.47. The lowest BCUT2D eigenvalue weighted by atomic mass is 10.1. The van der Waals surface area contributed by atoms with Crippen LogP contribution in [0.4, 0.5) is 0 Å². The van der Waals surface area contributed by atoms with E-state index in [4.69, 9.17) is 15.4 Å². The standard InChI is InChI=1S/C12H15ClO3S/c1-4-5-6-16-12-9(2)7-11(8-10(12)3)17(13,14)15/h4,7-8H,1,5-6H2,2-3H3. The van der Waals surface area contributed by atoms with Crippen molar-refractivity contribution < 1.29 is 13.2 Å². The van der Waals surface area contributed by atoms with E-state index in [1.807, 2.05) is 0 Å². The summed E-state index contributed by atoms with van der Waals surface area (Å²) in [6, 6.07) is 3.02. The van der Waals surface area contributed by atoms with Gasteiger partial charge in [-0.05, 0) is 43.5 Å². The molecule has 0 amide bonds. The Balaban J connectivity index is 3.07. The van der Waals surface area contributed by atoms with Crippen LogP contribution in [-0.4, -0.2) is 15.0 Å². The van der Waals surface area contributed by atoms with Gasteiger partial charge in [-0.3, -0.25) is 0 Å². The minimum Gasteiger partial charge on any atom is -0.493 e. The van der Waals surface area contributed by atoms with Gasteiger partial charge in [0, 0.05) is 10.7 Å². The molecule has 1 aromatic rings. The highest BCUT2D eigenvalue weighted by Crippen LogP contribution is 2.28. The second kappa shape index (κ2) is 5.56. The average Bonchev–Trinajstić information content (AvgIpc) is 2.20. The van der Waals surface area contributed by atoms with Gasteiger partial charge in [0.1, 0.15) is 5.75 Å². The lowest BCUT2D eigenvalue weighted by Crippen LogP contribution is -2.01. The van der Waals surface area contributed by atoms with E-state index in [9.17, 15) is 8.42 Å². The molecule has 0 saturated heterocycles. The summed E-state index contributed by atoms with van der Waals surface area (Å²) in [5.74, 6) is 0.705. The van der Waals surface area contributed by atoms with E-state index in [2.05, 4.69) is 6.58 Å². The van der Waals surface area contributed by atoms with Gasteiger partial charge in [-0.1, -0.05) is 6.08 Å². The molecule has 0 heterocycles. The van der Waals surface area contributed by atoms with Crippen molar-refractivity contribution >= 4 is 19.7 Å². The van der Waals surface area contributed by atoms with Gasteiger partial charge in [-0.2, -0.15) is 0 Å². The third-order valence-corrected chi connectivity index (χ3v) is 3.62. The molecule has 1 rings (SSSR count). The molecule has 0 aliphatic heterocycles. The van der Waals surface area contributed by atoms with Gasteiger partial charge in [0.25, 0.3) is 9.05 Å². The summed E-state index contributed by atoms with van der Waals surface area (Å²) in [5.41, 5.74) is 1.52. The van der Waals surface area contributed by atoms with Crippen molar-refractivity contribution in [3.05, 3.63) is 35.9 Å². The van der Waals surface area contributed by atoms with Crippen molar-refractivity contribution in [1.29, 1.82) is 0 Å². The molecule has 3 nitrogen and oxygen atoms in total. The predicted octanol–water partition coefficient (Wildman–Crippen LogP) is 3.19. The molecular formula is C12H15ClO3S. The Bertz CT molecular complexity index is 498. The molecule has 0 atom stereocenters. The maximum Gasteiger partial charge on any atom is 0.261 e. The first-order valence-electron chi connectivity index (χ1n) is 5.16. The molecule has 0 spiro atoms.